The summed E-state index contributed by atoms with van der Waals surface area (Å²) < 4.78 is 1.95. The van der Waals surface area contributed by atoms with Crippen molar-refractivity contribution in [3.63, 3.8) is 0 Å². The van der Waals surface area contributed by atoms with E-state index < -0.39 is 0 Å². The summed E-state index contributed by atoms with van der Waals surface area (Å²) in [6.07, 6.45) is 3.53. The third-order valence-corrected chi connectivity index (χ3v) is 5.30. The van der Waals surface area contributed by atoms with Crippen molar-refractivity contribution in [2.75, 3.05) is 19.6 Å². The van der Waals surface area contributed by atoms with Gasteiger partial charge in [0.15, 0.2) is 0 Å². The van der Waals surface area contributed by atoms with Crippen molar-refractivity contribution >= 4 is 18.3 Å². The molecule has 0 spiro atoms. The van der Waals surface area contributed by atoms with Crippen LogP contribution in [0, 0.1) is 13.8 Å². The van der Waals surface area contributed by atoms with Crippen LogP contribution < -0.4 is 5.32 Å². The zero-order valence-electron chi connectivity index (χ0n) is 16.6. The van der Waals surface area contributed by atoms with E-state index >= 15 is 0 Å². The molecule has 1 aromatic heterocycles. The second kappa shape index (κ2) is 9.90. The van der Waals surface area contributed by atoms with Crippen LogP contribution in [0.25, 0.3) is 5.69 Å². The second-order valence-electron chi connectivity index (χ2n) is 7.14. The van der Waals surface area contributed by atoms with E-state index in [1.54, 1.807) is 0 Å². The Bertz CT molecular complexity index is 738. The number of hydrogen-bond acceptors (Lipinski definition) is 3. The largest absolute Gasteiger partial charge is 0.339 e. The molecule has 0 bridgehead atoms. The first-order chi connectivity index (χ1) is 12.6. The molecule has 1 saturated heterocycles. The van der Waals surface area contributed by atoms with E-state index in [0.717, 1.165) is 61.5 Å². The Morgan fingerprint density at radius 2 is 1.89 bits per heavy atom. The van der Waals surface area contributed by atoms with Crippen molar-refractivity contribution in [3.8, 4) is 5.69 Å². The number of nitrogens with one attached hydrogen (secondary N) is 1. The van der Waals surface area contributed by atoms with E-state index in [4.69, 9.17) is 0 Å². The molecule has 6 heteroatoms. The minimum atomic E-state index is 0. The summed E-state index contributed by atoms with van der Waals surface area (Å²) in [7, 11) is 0. The lowest BCUT2D eigenvalue weighted by atomic mass is 10.0. The highest BCUT2D eigenvalue weighted by Gasteiger charge is 2.26. The van der Waals surface area contributed by atoms with E-state index in [1.807, 2.05) is 41.9 Å². The van der Waals surface area contributed by atoms with E-state index in [-0.39, 0.29) is 18.3 Å². The molecule has 1 fully saturated rings. The number of amides is 1. The fraction of sp³-hybridized carbons (Fsp3) is 0.524. The Hall–Kier alpha value is -1.85. The minimum absolute atomic E-state index is 0. The minimum Gasteiger partial charge on any atom is -0.339 e. The van der Waals surface area contributed by atoms with Crippen LogP contribution in [0.3, 0.4) is 0 Å². The maximum Gasteiger partial charge on any atom is 0.227 e. The van der Waals surface area contributed by atoms with Crippen LogP contribution in [0.4, 0.5) is 0 Å². The first-order valence-corrected chi connectivity index (χ1v) is 9.72. The van der Waals surface area contributed by atoms with Crippen molar-refractivity contribution in [1.82, 2.24) is 20.0 Å². The third-order valence-electron chi connectivity index (χ3n) is 5.30. The predicted octanol–water partition coefficient (Wildman–Crippen LogP) is 3.44. The van der Waals surface area contributed by atoms with Crippen LogP contribution in [0.5, 0.6) is 0 Å². The number of aromatic nitrogens is 2. The Morgan fingerprint density at radius 3 is 2.52 bits per heavy atom. The summed E-state index contributed by atoms with van der Waals surface area (Å²) >= 11 is 0. The van der Waals surface area contributed by atoms with E-state index in [1.165, 1.54) is 0 Å². The summed E-state index contributed by atoms with van der Waals surface area (Å²) in [6.45, 7) is 9.05. The maximum atomic E-state index is 13.1. The molecule has 3 rings (SSSR count). The monoisotopic (exact) mass is 390 g/mol. The lowest BCUT2D eigenvalue weighted by Crippen LogP contribution is -2.47. The van der Waals surface area contributed by atoms with Gasteiger partial charge in [0.05, 0.1) is 17.8 Å². The fourth-order valence-corrected chi connectivity index (χ4v) is 3.87. The molecule has 0 radical (unpaired) electrons. The molecule has 0 atom stereocenters. The topological polar surface area (TPSA) is 50.2 Å². The second-order valence-corrected chi connectivity index (χ2v) is 7.14. The number of aryl methyl sites for hydroxylation is 1. The molecule has 148 valence electrons. The molecule has 1 aliphatic heterocycles. The molecule has 1 amide bonds. The Morgan fingerprint density at radius 1 is 1.22 bits per heavy atom. The van der Waals surface area contributed by atoms with Gasteiger partial charge < -0.3 is 10.2 Å². The molecule has 2 heterocycles. The molecule has 2 aromatic rings. The zero-order chi connectivity index (χ0) is 18.5. The number of carbonyl (C=O) groups is 1. The van der Waals surface area contributed by atoms with Gasteiger partial charge in [0.2, 0.25) is 5.91 Å². The van der Waals surface area contributed by atoms with Crippen molar-refractivity contribution in [1.29, 1.82) is 0 Å². The van der Waals surface area contributed by atoms with Crippen LogP contribution in [-0.2, 0) is 11.2 Å². The van der Waals surface area contributed by atoms with Gasteiger partial charge in [0, 0.05) is 23.8 Å². The van der Waals surface area contributed by atoms with Gasteiger partial charge in [0.1, 0.15) is 0 Å². The van der Waals surface area contributed by atoms with Crippen molar-refractivity contribution < 1.29 is 4.79 Å². The predicted molar refractivity (Wildman–Crippen MR) is 112 cm³/mol. The van der Waals surface area contributed by atoms with Crippen LogP contribution in [0.15, 0.2) is 30.3 Å². The SMILES string of the molecule is CCCN(C(=O)Cc1c(C)nn(-c2ccccc2)c1C)C1CCNCC1.Cl. The third kappa shape index (κ3) is 4.90. The summed E-state index contributed by atoms with van der Waals surface area (Å²) in [4.78, 5) is 15.2. The number of halogens is 1. The van der Waals surface area contributed by atoms with Gasteiger partial charge in [0.25, 0.3) is 0 Å². The van der Waals surface area contributed by atoms with Crippen LogP contribution >= 0.6 is 12.4 Å². The fourth-order valence-electron chi connectivity index (χ4n) is 3.87. The number of rotatable bonds is 6. The summed E-state index contributed by atoms with van der Waals surface area (Å²) in [5, 5.41) is 8.08. The Kier molecular flexibility index (Phi) is 7.87. The van der Waals surface area contributed by atoms with Crippen molar-refractivity contribution in [2.24, 2.45) is 0 Å². The van der Waals surface area contributed by atoms with E-state index in [2.05, 4.69) is 29.2 Å². The lowest BCUT2D eigenvalue weighted by Gasteiger charge is -2.34. The Balaban J connectivity index is 0.00000261. The molecule has 1 N–H and O–H groups in total. The summed E-state index contributed by atoms with van der Waals surface area (Å²) in [5.41, 5.74) is 4.11. The van der Waals surface area contributed by atoms with Crippen LogP contribution in [0.2, 0.25) is 0 Å². The van der Waals surface area contributed by atoms with Gasteiger partial charge in [-0.15, -0.1) is 12.4 Å². The van der Waals surface area contributed by atoms with Gasteiger partial charge in [-0.3, -0.25) is 4.79 Å². The van der Waals surface area contributed by atoms with Crippen molar-refractivity contribution in [2.45, 2.75) is 52.5 Å². The quantitative estimate of drug-likeness (QED) is 0.821. The highest BCUT2D eigenvalue weighted by atomic mass is 35.5. The van der Waals surface area contributed by atoms with E-state index in [9.17, 15) is 4.79 Å². The average molecular weight is 391 g/mol. The number of para-hydroxylation sites is 1. The van der Waals surface area contributed by atoms with Gasteiger partial charge >= 0.3 is 0 Å². The first kappa shape index (κ1) is 21.5. The summed E-state index contributed by atoms with van der Waals surface area (Å²) in [5.74, 6) is 0.234. The maximum absolute atomic E-state index is 13.1. The highest BCUT2D eigenvalue weighted by molar-refractivity contribution is 5.85. The van der Waals surface area contributed by atoms with Crippen LogP contribution in [-0.4, -0.2) is 46.3 Å². The zero-order valence-corrected chi connectivity index (χ0v) is 17.4. The number of hydrogen-bond donors (Lipinski definition) is 1. The molecule has 1 aromatic carbocycles. The Labute approximate surface area is 168 Å². The lowest BCUT2D eigenvalue weighted by molar-refractivity contribution is -0.133. The molecule has 0 aliphatic carbocycles. The number of piperidine rings is 1. The standard InChI is InChI=1S/C21H30N4O.ClH/c1-4-14-24(18-10-12-22-13-11-18)21(26)15-20-16(2)23-25(17(20)3)19-8-6-5-7-9-19;/h5-9,18,22H,4,10-15H2,1-3H3;1H. The molecule has 0 saturated carbocycles. The molecule has 27 heavy (non-hydrogen) atoms. The average Bonchev–Trinajstić information content (AvgIpc) is 2.95. The molecular formula is C21H31ClN4O. The molecular weight excluding hydrogens is 360 g/mol. The van der Waals surface area contributed by atoms with Crippen molar-refractivity contribution in [3.05, 3.63) is 47.3 Å². The van der Waals surface area contributed by atoms with Gasteiger partial charge in [-0.25, -0.2) is 4.68 Å². The van der Waals surface area contributed by atoms with Gasteiger partial charge in [-0.2, -0.15) is 5.10 Å². The van der Waals surface area contributed by atoms with Gasteiger partial charge in [-0.1, -0.05) is 25.1 Å². The first-order valence-electron chi connectivity index (χ1n) is 9.72. The smallest absolute Gasteiger partial charge is 0.227 e. The number of benzene rings is 1. The van der Waals surface area contributed by atoms with E-state index in [0.29, 0.717) is 12.5 Å². The molecule has 1 aliphatic rings. The molecule has 5 nitrogen and oxygen atoms in total. The molecule has 0 unspecified atom stereocenters. The van der Waals surface area contributed by atoms with Crippen LogP contribution in [0.1, 0.15) is 43.1 Å². The number of carbonyl (C=O) groups excluding carboxylic acids is 1. The number of nitrogens with zero attached hydrogens (tertiary/aromatic N) is 3. The normalized spacial score (nSPS) is 14.6. The highest BCUT2D eigenvalue weighted by Crippen LogP contribution is 2.21. The van der Waals surface area contributed by atoms with Gasteiger partial charge in [-0.05, 0) is 58.3 Å². The summed E-state index contributed by atoms with van der Waals surface area (Å²) in [6, 6.07) is 10.5.